The number of imidazole rings is 1. The maximum Gasteiger partial charge on any atom is 0.146 e. The van der Waals surface area contributed by atoms with Crippen LogP contribution in [0.25, 0.3) is 0 Å². The van der Waals surface area contributed by atoms with Gasteiger partial charge in [0, 0.05) is 18.8 Å². The van der Waals surface area contributed by atoms with Crippen molar-refractivity contribution < 1.29 is 4.79 Å². The van der Waals surface area contributed by atoms with Crippen molar-refractivity contribution >= 4 is 5.78 Å². The molecular weight excluding hydrogens is 226 g/mol. The molecule has 98 valence electrons. The predicted molar refractivity (Wildman–Crippen MR) is 69.2 cm³/mol. The second-order valence-electron chi connectivity index (χ2n) is 5.62. The summed E-state index contributed by atoms with van der Waals surface area (Å²) in [5, 5.41) is 0. The molecule has 2 aliphatic rings. The molecule has 1 aliphatic carbocycles. The maximum atomic E-state index is 11.7. The van der Waals surface area contributed by atoms with E-state index in [1.165, 1.54) is 31.4 Å². The Hall–Kier alpha value is -1.16. The van der Waals surface area contributed by atoms with Crippen LogP contribution in [0.4, 0.5) is 0 Å². The van der Waals surface area contributed by atoms with Gasteiger partial charge in [0.05, 0.1) is 18.1 Å². The highest BCUT2D eigenvalue weighted by Crippen LogP contribution is 2.36. The molecule has 1 unspecified atom stereocenters. The van der Waals surface area contributed by atoms with Crippen molar-refractivity contribution in [1.29, 1.82) is 0 Å². The average Bonchev–Trinajstić information content (AvgIpc) is 3.11. The van der Waals surface area contributed by atoms with E-state index in [0.29, 0.717) is 11.8 Å². The Bertz CT molecular complexity index is 436. The number of ketones is 1. The van der Waals surface area contributed by atoms with Crippen LogP contribution in [0.1, 0.15) is 50.8 Å². The van der Waals surface area contributed by atoms with Gasteiger partial charge in [0.2, 0.25) is 0 Å². The second-order valence-corrected chi connectivity index (χ2v) is 5.62. The van der Waals surface area contributed by atoms with Crippen LogP contribution < -0.4 is 0 Å². The molecule has 0 aromatic carbocycles. The normalized spacial score (nSPS) is 25.3. The molecule has 1 atom stereocenters. The van der Waals surface area contributed by atoms with Crippen molar-refractivity contribution in [2.75, 3.05) is 6.54 Å². The third-order valence-electron chi connectivity index (χ3n) is 4.13. The van der Waals surface area contributed by atoms with E-state index in [2.05, 4.69) is 14.5 Å². The minimum Gasteiger partial charge on any atom is -0.330 e. The smallest absolute Gasteiger partial charge is 0.146 e. The summed E-state index contributed by atoms with van der Waals surface area (Å²) in [6, 6.07) is 0.796. The van der Waals surface area contributed by atoms with Crippen LogP contribution in [0.2, 0.25) is 0 Å². The molecule has 1 aromatic rings. The fourth-order valence-corrected chi connectivity index (χ4v) is 2.98. The van der Waals surface area contributed by atoms with Gasteiger partial charge in [-0.15, -0.1) is 0 Å². The second kappa shape index (κ2) is 4.84. The van der Waals surface area contributed by atoms with Gasteiger partial charge in [-0.3, -0.25) is 9.69 Å². The number of likely N-dealkylation sites (tertiary alicyclic amines) is 1. The number of piperidine rings is 1. The standard InChI is InChI=1S/C14H21N3O/c1-11(18)14-4-2-3-7-16(14)9-13-8-15-10-17(13)12-5-6-12/h8,10,12,14H,2-7,9H2,1H3. The van der Waals surface area contributed by atoms with Crippen LogP contribution in [-0.2, 0) is 11.3 Å². The molecule has 1 aromatic heterocycles. The van der Waals surface area contributed by atoms with Crippen LogP contribution in [0.5, 0.6) is 0 Å². The van der Waals surface area contributed by atoms with Gasteiger partial charge in [-0.05, 0) is 39.2 Å². The number of rotatable bonds is 4. The molecule has 0 N–H and O–H groups in total. The van der Waals surface area contributed by atoms with Crippen LogP contribution in [0.15, 0.2) is 12.5 Å². The van der Waals surface area contributed by atoms with Crippen molar-refractivity contribution in [2.24, 2.45) is 0 Å². The van der Waals surface area contributed by atoms with E-state index in [9.17, 15) is 4.79 Å². The zero-order valence-electron chi connectivity index (χ0n) is 11.0. The number of hydrogen-bond donors (Lipinski definition) is 0. The van der Waals surface area contributed by atoms with Crippen LogP contribution in [-0.4, -0.2) is 32.8 Å². The van der Waals surface area contributed by atoms with Crippen LogP contribution >= 0.6 is 0 Å². The van der Waals surface area contributed by atoms with Gasteiger partial charge in [-0.1, -0.05) is 6.42 Å². The van der Waals surface area contributed by atoms with E-state index >= 15 is 0 Å². The van der Waals surface area contributed by atoms with Crippen LogP contribution in [0, 0.1) is 0 Å². The molecule has 4 nitrogen and oxygen atoms in total. The third-order valence-corrected chi connectivity index (χ3v) is 4.13. The van der Waals surface area contributed by atoms with E-state index < -0.39 is 0 Å². The highest BCUT2D eigenvalue weighted by atomic mass is 16.1. The Kier molecular flexibility index (Phi) is 3.20. The largest absolute Gasteiger partial charge is 0.330 e. The van der Waals surface area contributed by atoms with Gasteiger partial charge >= 0.3 is 0 Å². The van der Waals surface area contributed by atoms with Crippen molar-refractivity contribution in [3.05, 3.63) is 18.2 Å². The summed E-state index contributed by atoms with van der Waals surface area (Å²) in [5.41, 5.74) is 1.27. The van der Waals surface area contributed by atoms with Gasteiger partial charge in [0.1, 0.15) is 5.78 Å². The molecule has 3 rings (SSSR count). The molecule has 0 spiro atoms. The Labute approximate surface area is 108 Å². The van der Waals surface area contributed by atoms with E-state index in [4.69, 9.17) is 0 Å². The Balaban J connectivity index is 1.73. The topological polar surface area (TPSA) is 38.1 Å². The Morgan fingerprint density at radius 2 is 2.22 bits per heavy atom. The number of Topliss-reactive ketones (excluding diaryl/α,β-unsaturated/α-hetero) is 1. The fourth-order valence-electron chi connectivity index (χ4n) is 2.98. The highest BCUT2D eigenvalue weighted by molar-refractivity contribution is 5.81. The van der Waals surface area contributed by atoms with E-state index in [1.54, 1.807) is 6.92 Å². The lowest BCUT2D eigenvalue weighted by molar-refractivity contribution is -0.123. The predicted octanol–water partition coefficient (Wildman–Crippen LogP) is 2.16. The summed E-state index contributed by atoms with van der Waals surface area (Å²) >= 11 is 0. The number of carbonyl (C=O) groups excluding carboxylic acids is 1. The minimum absolute atomic E-state index is 0.126. The fraction of sp³-hybridized carbons (Fsp3) is 0.714. The van der Waals surface area contributed by atoms with Crippen molar-refractivity contribution in [2.45, 2.75) is 57.7 Å². The molecule has 1 saturated heterocycles. The van der Waals surface area contributed by atoms with E-state index in [0.717, 1.165) is 19.5 Å². The first-order valence-corrected chi connectivity index (χ1v) is 7.01. The SMILES string of the molecule is CC(=O)C1CCCCN1Cc1cncn1C1CC1. The average molecular weight is 247 g/mol. The summed E-state index contributed by atoms with van der Waals surface area (Å²) in [5.74, 6) is 0.312. The Morgan fingerprint density at radius 1 is 1.39 bits per heavy atom. The van der Waals surface area contributed by atoms with Crippen molar-refractivity contribution in [3.8, 4) is 0 Å². The molecule has 0 radical (unpaired) electrons. The number of carbonyl (C=O) groups is 1. The molecule has 1 aliphatic heterocycles. The molecule has 18 heavy (non-hydrogen) atoms. The van der Waals surface area contributed by atoms with Gasteiger partial charge in [0.15, 0.2) is 0 Å². The lowest BCUT2D eigenvalue weighted by Crippen LogP contribution is -2.43. The molecule has 2 fully saturated rings. The number of nitrogens with zero attached hydrogens (tertiary/aromatic N) is 3. The number of aromatic nitrogens is 2. The molecule has 0 amide bonds. The first-order valence-electron chi connectivity index (χ1n) is 7.01. The monoisotopic (exact) mass is 247 g/mol. The molecule has 4 heteroatoms. The quantitative estimate of drug-likeness (QED) is 0.818. The maximum absolute atomic E-state index is 11.7. The summed E-state index contributed by atoms with van der Waals surface area (Å²) in [6.07, 6.45) is 9.87. The lowest BCUT2D eigenvalue weighted by atomic mass is 9.99. The minimum atomic E-state index is 0.126. The summed E-state index contributed by atoms with van der Waals surface area (Å²) in [6.45, 7) is 3.64. The number of hydrogen-bond acceptors (Lipinski definition) is 3. The van der Waals surface area contributed by atoms with Gasteiger partial charge in [-0.2, -0.15) is 0 Å². The molecule has 0 bridgehead atoms. The molecular formula is C14H21N3O. The van der Waals surface area contributed by atoms with Crippen molar-refractivity contribution in [3.63, 3.8) is 0 Å². The first-order chi connectivity index (χ1) is 8.75. The van der Waals surface area contributed by atoms with Crippen LogP contribution in [0.3, 0.4) is 0 Å². The molecule has 1 saturated carbocycles. The third kappa shape index (κ3) is 2.34. The lowest BCUT2D eigenvalue weighted by Gasteiger charge is -2.34. The first kappa shape index (κ1) is 11.9. The zero-order chi connectivity index (χ0) is 12.5. The molecule has 2 heterocycles. The Morgan fingerprint density at radius 3 is 2.94 bits per heavy atom. The zero-order valence-corrected chi connectivity index (χ0v) is 11.0. The van der Waals surface area contributed by atoms with E-state index in [-0.39, 0.29) is 6.04 Å². The van der Waals surface area contributed by atoms with E-state index in [1.807, 2.05) is 12.5 Å². The summed E-state index contributed by atoms with van der Waals surface area (Å²) < 4.78 is 2.30. The van der Waals surface area contributed by atoms with Gasteiger partial charge in [0.25, 0.3) is 0 Å². The van der Waals surface area contributed by atoms with Crippen molar-refractivity contribution in [1.82, 2.24) is 14.5 Å². The highest BCUT2D eigenvalue weighted by Gasteiger charge is 2.29. The van der Waals surface area contributed by atoms with Gasteiger partial charge < -0.3 is 4.57 Å². The summed E-state index contributed by atoms with van der Waals surface area (Å²) in [4.78, 5) is 18.3. The summed E-state index contributed by atoms with van der Waals surface area (Å²) in [7, 11) is 0. The van der Waals surface area contributed by atoms with Gasteiger partial charge in [-0.25, -0.2) is 4.98 Å².